The van der Waals surface area contributed by atoms with Crippen LogP contribution < -0.4 is 10.6 Å². The largest absolute Gasteiger partial charge is 0.463 e. The Balaban J connectivity index is 2.51. The minimum atomic E-state index is -5.26. The predicted molar refractivity (Wildman–Crippen MR) is 86.7 cm³/mol. The first-order valence-electron chi connectivity index (χ1n) is 7.34. The van der Waals surface area contributed by atoms with Gasteiger partial charge in [0.25, 0.3) is 5.91 Å². The van der Waals surface area contributed by atoms with Gasteiger partial charge in [-0.15, -0.1) is 0 Å². The molecule has 140 valence electrons. The number of halogens is 4. The third-order valence-electron chi connectivity index (χ3n) is 3.25. The van der Waals surface area contributed by atoms with E-state index in [9.17, 15) is 22.8 Å². The van der Waals surface area contributed by atoms with Gasteiger partial charge < -0.3 is 19.8 Å². The third kappa shape index (κ3) is 3.93. The van der Waals surface area contributed by atoms with Gasteiger partial charge in [-0.3, -0.25) is 4.79 Å². The van der Waals surface area contributed by atoms with Gasteiger partial charge in [0.1, 0.15) is 0 Å². The quantitative estimate of drug-likeness (QED) is 0.582. The van der Waals surface area contributed by atoms with Crippen molar-refractivity contribution in [2.75, 3.05) is 11.9 Å². The topological polar surface area (TPSA) is 80.6 Å². The lowest BCUT2D eigenvalue weighted by molar-refractivity contribution is -0.204. The van der Waals surface area contributed by atoms with Gasteiger partial charge in [-0.05, 0) is 31.2 Å². The minimum absolute atomic E-state index is 0.0855. The number of carbonyl (C=O) groups is 2. The van der Waals surface area contributed by atoms with Crippen LogP contribution in [0, 0.1) is 0 Å². The first kappa shape index (κ1) is 19.6. The normalized spacial score (nSPS) is 13.6. The number of benzene rings is 1. The van der Waals surface area contributed by atoms with Crippen LogP contribution in [0.4, 0.5) is 18.9 Å². The number of amides is 1. The Hall–Kier alpha value is -2.68. The van der Waals surface area contributed by atoms with E-state index in [4.69, 9.17) is 16.0 Å². The maximum absolute atomic E-state index is 13.9. The summed E-state index contributed by atoms with van der Waals surface area (Å²) in [5, 5.41) is 3.52. The molecule has 0 saturated heterocycles. The fourth-order valence-electron chi connectivity index (χ4n) is 2.03. The molecule has 2 aromatic rings. The highest BCUT2D eigenvalue weighted by Crippen LogP contribution is 2.35. The predicted octanol–water partition coefficient (Wildman–Crippen LogP) is 3.60. The molecule has 2 N–H and O–H groups in total. The zero-order valence-corrected chi connectivity index (χ0v) is 14.1. The highest BCUT2D eigenvalue weighted by atomic mass is 35.5. The number of para-hydroxylation sites is 1. The molecule has 0 unspecified atom stereocenters. The Morgan fingerprint density at radius 2 is 1.88 bits per heavy atom. The van der Waals surface area contributed by atoms with Crippen LogP contribution >= 0.6 is 11.6 Å². The van der Waals surface area contributed by atoms with Crippen molar-refractivity contribution in [1.29, 1.82) is 0 Å². The van der Waals surface area contributed by atoms with E-state index in [-0.39, 0.29) is 17.3 Å². The molecule has 0 aliphatic heterocycles. The lowest BCUT2D eigenvalue weighted by Crippen LogP contribution is -2.69. The number of nitrogens with one attached hydrogen (secondary N) is 2. The van der Waals surface area contributed by atoms with Gasteiger partial charge in [-0.25, -0.2) is 4.79 Å². The van der Waals surface area contributed by atoms with E-state index in [1.54, 1.807) is 5.32 Å². The summed E-state index contributed by atoms with van der Waals surface area (Å²) in [5.74, 6) is -3.42. The molecule has 10 heteroatoms. The summed E-state index contributed by atoms with van der Waals surface area (Å²) in [7, 11) is 0. The molecule has 1 atom stereocenters. The number of esters is 1. The number of carbonyl (C=O) groups excluding carboxylic acids is 2. The highest BCUT2D eigenvalue weighted by molar-refractivity contribution is 6.33. The third-order valence-corrected chi connectivity index (χ3v) is 3.58. The van der Waals surface area contributed by atoms with Crippen molar-refractivity contribution in [3.05, 3.63) is 53.4 Å². The number of rotatable bonds is 6. The molecule has 26 heavy (non-hydrogen) atoms. The second-order valence-corrected chi connectivity index (χ2v) is 5.41. The van der Waals surface area contributed by atoms with Crippen molar-refractivity contribution in [3.63, 3.8) is 0 Å². The number of alkyl halides is 3. The van der Waals surface area contributed by atoms with Crippen LogP contribution in [0.2, 0.25) is 5.02 Å². The Morgan fingerprint density at radius 3 is 2.42 bits per heavy atom. The molecule has 0 saturated carbocycles. The van der Waals surface area contributed by atoms with E-state index in [1.165, 1.54) is 37.3 Å². The Bertz CT molecular complexity index is 780. The van der Waals surface area contributed by atoms with Crippen LogP contribution in [0.3, 0.4) is 0 Å². The summed E-state index contributed by atoms with van der Waals surface area (Å²) in [4.78, 5) is 24.4. The van der Waals surface area contributed by atoms with E-state index < -0.39 is 29.5 Å². The van der Waals surface area contributed by atoms with Crippen molar-refractivity contribution >= 4 is 29.2 Å². The molecule has 2 rings (SSSR count). The van der Waals surface area contributed by atoms with Crippen molar-refractivity contribution in [3.8, 4) is 0 Å². The number of ether oxygens (including phenoxy) is 1. The molecule has 0 bridgehead atoms. The number of hydrogen-bond acceptors (Lipinski definition) is 5. The fourth-order valence-corrected chi connectivity index (χ4v) is 2.22. The Morgan fingerprint density at radius 1 is 1.19 bits per heavy atom. The number of anilines is 1. The summed E-state index contributed by atoms with van der Waals surface area (Å²) in [6.07, 6.45) is -4.16. The molecule has 0 aliphatic carbocycles. The molecule has 0 aliphatic rings. The summed E-state index contributed by atoms with van der Waals surface area (Å²) in [6.45, 7) is 1.00. The van der Waals surface area contributed by atoms with E-state index in [2.05, 4.69) is 4.74 Å². The van der Waals surface area contributed by atoms with E-state index >= 15 is 0 Å². The van der Waals surface area contributed by atoms with Gasteiger partial charge in [-0.1, -0.05) is 23.7 Å². The maximum atomic E-state index is 13.9. The van der Waals surface area contributed by atoms with Crippen molar-refractivity contribution < 1.29 is 31.9 Å². The molecule has 0 radical (unpaired) electrons. The smallest absolute Gasteiger partial charge is 0.441 e. The van der Waals surface area contributed by atoms with E-state index in [0.29, 0.717) is 0 Å². The zero-order chi connectivity index (χ0) is 19.4. The van der Waals surface area contributed by atoms with Gasteiger partial charge in [0.05, 0.1) is 23.6 Å². The SMILES string of the molecule is CCOC(=O)[C@](NC(=O)c1ccco1)(Nc1ccccc1Cl)C(F)(F)F. The first-order chi connectivity index (χ1) is 12.2. The minimum Gasteiger partial charge on any atom is -0.463 e. The second kappa shape index (κ2) is 7.69. The van der Waals surface area contributed by atoms with E-state index in [0.717, 1.165) is 12.3 Å². The molecule has 0 fully saturated rings. The van der Waals surface area contributed by atoms with Crippen LogP contribution in [0.1, 0.15) is 17.5 Å². The van der Waals surface area contributed by atoms with Crippen molar-refractivity contribution in [2.24, 2.45) is 0 Å². The average Bonchev–Trinajstić information content (AvgIpc) is 3.09. The molecule has 1 aromatic carbocycles. The molecule has 0 spiro atoms. The number of hydrogen-bond donors (Lipinski definition) is 2. The summed E-state index contributed by atoms with van der Waals surface area (Å²) < 4.78 is 51.1. The molecule has 1 aromatic heterocycles. The highest BCUT2D eigenvalue weighted by Gasteiger charge is 2.64. The average molecular weight is 391 g/mol. The Kier molecular flexibility index (Phi) is 5.81. The zero-order valence-electron chi connectivity index (χ0n) is 13.4. The second-order valence-electron chi connectivity index (χ2n) is 5.00. The Labute approximate surface area is 151 Å². The van der Waals surface area contributed by atoms with Crippen LogP contribution in [0.5, 0.6) is 0 Å². The van der Waals surface area contributed by atoms with Gasteiger partial charge in [-0.2, -0.15) is 13.2 Å². The standard InChI is InChI=1S/C16H14ClF3N2O4/c1-2-25-14(24)15(16(18,19)20,21-11-7-4-3-6-10(11)17)22-13(23)12-8-5-9-26-12/h3-9,21H,2H2,1H3,(H,22,23)/t15-/m1/s1. The van der Waals surface area contributed by atoms with Crippen LogP contribution in [-0.4, -0.2) is 30.3 Å². The molecule has 1 heterocycles. The maximum Gasteiger partial charge on any atom is 0.441 e. The number of furan rings is 1. The van der Waals surface area contributed by atoms with Gasteiger partial charge in [0, 0.05) is 0 Å². The fraction of sp³-hybridized carbons (Fsp3) is 0.250. The summed E-state index contributed by atoms with van der Waals surface area (Å²) in [6, 6.07) is 7.92. The van der Waals surface area contributed by atoms with Gasteiger partial charge >= 0.3 is 17.8 Å². The summed E-state index contributed by atoms with van der Waals surface area (Å²) >= 11 is 5.89. The van der Waals surface area contributed by atoms with Gasteiger partial charge in [0.15, 0.2) is 5.76 Å². The van der Waals surface area contributed by atoms with Crippen LogP contribution in [0.25, 0.3) is 0 Å². The van der Waals surface area contributed by atoms with Crippen molar-refractivity contribution in [2.45, 2.75) is 18.8 Å². The van der Waals surface area contributed by atoms with Gasteiger partial charge in [0.2, 0.25) is 0 Å². The van der Waals surface area contributed by atoms with Crippen LogP contribution in [0.15, 0.2) is 47.1 Å². The van der Waals surface area contributed by atoms with Crippen molar-refractivity contribution in [1.82, 2.24) is 5.32 Å². The first-order valence-corrected chi connectivity index (χ1v) is 7.71. The monoisotopic (exact) mass is 390 g/mol. The molecular weight excluding hydrogens is 377 g/mol. The van der Waals surface area contributed by atoms with E-state index in [1.807, 2.05) is 5.32 Å². The molecule has 6 nitrogen and oxygen atoms in total. The molecular formula is C16H14ClF3N2O4. The lowest BCUT2D eigenvalue weighted by Gasteiger charge is -2.35. The molecule has 1 amide bonds. The summed E-state index contributed by atoms with van der Waals surface area (Å²) in [5.41, 5.74) is -3.79. The lowest BCUT2D eigenvalue weighted by atomic mass is 10.1. The van der Waals surface area contributed by atoms with Crippen LogP contribution in [-0.2, 0) is 9.53 Å².